The highest BCUT2D eigenvalue weighted by atomic mass is 16.2. The minimum atomic E-state index is 0.221. The normalized spacial score (nSPS) is 9.24. The summed E-state index contributed by atoms with van der Waals surface area (Å²) in [5.41, 5.74) is 2.44. The summed E-state index contributed by atoms with van der Waals surface area (Å²) in [6, 6.07) is 8.28. The summed E-state index contributed by atoms with van der Waals surface area (Å²) in [5, 5.41) is 0. The van der Waals surface area contributed by atoms with Crippen molar-refractivity contribution in [2.24, 2.45) is 0 Å². The first-order valence-corrected chi connectivity index (χ1v) is 6.43. The molecule has 1 aromatic carbocycles. The van der Waals surface area contributed by atoms with Crippen LogP contribution in [0.3, 0.4) is 0 Å². The Morgan fingerprint density at radius 2 is 1.94 bits per heavy atom. The maximum Gasteiger partial charge on any atom is 0.222 e. The molecular formula is C15H25NO. The zero-order valence-corrected chi connectivity index (χ0v) is 11.8. The Kier molecular flexibility index (Phi) is 8.12. The molecule has 0 heterocycles. The Labute approximate surface area is 106 Å². The fraction of sp³-hybridized carbons (Fsp3) is 0.533. The quantitative estimate of drug-likeness (QED) is 0.777. The largest absolute Gasteiger partial charge is 0.341 e. The minimum Gasteiger partial charge on any atom is -0.341 e. The van der Waals surface area contributed by atoms with E-state index in [2.05, 4.69) is 25.1 Å². The van der Waals surface area contributed by atoms with Crippen molar-refractivity contribution in [2.45, 2.75) is 47.1 Å². The number of hydrogen-bond donors (Lipinski definition) is 0. The van der Waals surface area contributed by atoms with E-state index in [-0.39, 0.29) is 5.91 Å². The molecule has 0 saturated carbocycles. The average Bonchev–Trinajstić information content (AvgIpc) is 2.32. The van der Waals surface area contributed by atoms with Gasteiger partial charge in [-0.1, -0.05) is 50.6 Å². The highest BCUT2D eigenvalue weighted by molar-refractivity contribution is 5.75. The third-order valence-electron chi connectivity index (χ3n) is 2.39. The van der Waals surface area contributed by atoms with Crippen LogP contribution in [0.5, 0.6) is 0 Å². The highest BCUT2D eigenvalue weighted by Gasteiger charge is 2.07. The molecule has 0 fully saturated rings. The van der Waals surface area contributed by atoms with Crippen molar-refractivity contribution >= 4 is 5.91 Å². The second-order valence-corrected chi connectivity index (χ2v) is 3.99. The molecule has 2 heteroatoms. The van der Waals surface area contributed by atoms with Gasteiger partial charge in [-0.25, -0.2) is 0 Å². The number of carbonyl (C=O) groups is 1. The second-order valence-electron chi connectivity index (χ2n) is 3.99. The van der Waals surface area contributed by atoms with Crippen molar-refractivity contribution in [3.63, 3.8) is 0 Å². The zero-order valence-electron chi connectivity index (χ0n) is 11.8. The van der Waals surface area contributed by atoms with E-state index >= 15 is 0 Å². The van der Waals surface area contributed by atoms with E-state index in [4.69, 9.17) is 0 Å². The molecule has 1 aromatic rings. The topological polar surface area (TPSA) is 20.3 Å². The molecule has 0 aromatic heterocycles. The smallest absolute Gasteiger partial charge is 0.222 e. The van der Waals surface area contributed by atoms with Crippen LogP contribution in [0.15, 0.2) is 24.3 Å². The van der Waals surface area contributed by atoms with Crippen molar-refractivity contribution in [1.82, 2.24) is 4.90 Å². The number of amides is 1. The lowest BCUT2D eigenvalue weighted by atomic mass is 10.1. The molecule has 1 rings (SSSR count). The Morgan fingerprint density at radius 1 is 1.29 bits per heavy atom. The Bertz CT molecular complexity index is 333. The van der Waals surface area contributed by atoms with Crippen LogP contribution < -0.4 is 0 Å². The summed E-state index contributed by atoms with van der Waals surface area (Å²) in [6.07, 6.45) is 1.55. The number of aryl methyl sites for hydroxylation is 1. The monoisotopic (exact) mass is 235 g/mol. The summed E-state index contributed by atoms with van der Waals surface area (Å²) >= 11 is 0. The predicted molar refractivity (Wildman–Crippen MR) is 73.9 cm³/mol. The van der Waals surface area contributed by atoms with Gasteiger partial charge in [-0.2, -0.15) is 0 Å². The Hall–Kier alpha value is -1.31. The van der Waals surface area contributed by atoms with Gasteiger partial charge in [0.1, 0.15) is 0 Å². The van der Waals surface area contributed by atoms with E-state index in [0.717, 1.165) is 6.42 Å². The van der Waals surface area contributed by atoms with Crippen molar-refractivity contribution in [3.05, 3.63) is 35.4 Å². The summed E-state index contributed by atoms with van der Waals surface area (Å²) in [6.45, 7) is 8.80. The first-order chi connectivity index (χ1) is 8.13. The van der Waals surface area contributed by atoms with Crippen molar-refractivity contribution in [2.75, 3.05) is 7.05 Å². The van der Waals surface area contributed by atoms with Crippen LogP contribution in [0.1, 0.15) is 44.7 Å². The summed E-state index contributed by atoms with van der Waals surface area (Å²) < 4.78 is 0. The van der Waals surface area contributed by atoms with Crippen molar-refractivity contribution < 1.29 is 4.79 Å². The summed E-state index contributed by atoms with van der Waals surface area (Å²) in [5.74, 6) is 0.221. The van der Waals surface area contributed by atoms with Gasteiger partial charge >= 0.3 is 0 Å². The molecule has 0 spiro atoms. The fourth-order valence-electron chi connectivity index (χ4n) is 1.58. The average molecular weight is 235 g/mol. The van der Waals surface area contributed by atoms with Gasteiger partial charge in [0.05, 0.1) is 0 Å². The Morgan fingerprint density at radius 3 is 2.47 bits per heavy atom. The van der Waals surface area contributed by atoms with Crippen LogP contribution in [-0.2, 0) is 11.3 Å². The zero-order chi connectivity index (χ0) is 13.3. The molecule has 0 aliphatic carbocycles. The molecule has 1 amide bonds. The third-order valence-corrected chi connectivity index (χ3v) is 2.39. The lowest BCUT2D eigenvalue weighted by molar-refractivity contribution is -0.130. The van der Waals surface area contributed by atoms with Gasteiger partial charge in [-0.05, 0) is 18.9 Å². The molecule has 0 aliphatic heterocycles. The number of nitrogens with zero attached hydrogens (tertiary/aromatic N) is 1. The lowest BCUT2D eigenvalue weighted by Crippen LogP contribution is -2.25. The minimum absolute atomic E-state index is 0.221. The van der Waals surface area contributed by atoms with Crippen LogP contribution in [0.4, 0.5) is 0 Å². The van der Waals surface area contributed by atoms with Crippen LogP contribution in [0, 0.1) is 6.92 Å². The number of rotatable bonds is 4. The van der Waals surface area contributed by atoms with Gasteiger partial charge in [-0.15, -0.1) is 0 Å². The van der Waals surface area contributed by atoms with Gasteiger partial charge in [0, 0.05) is 20.0 Å². The predicted octanol–water partition coefficient (Wildman–Crippen LogP) is 3.78. The maximum absolute atomic E-state index is 11.6. The molecule has 0 aliphatic rings. The van der Waals surface area contributed by atoms with Crippen LogP contribution in [-0.4, -0.2) is 17.9 Å². The highest BCUT2D eigenvalue weighted by Crippen LogP contribution is 2.07. The SMILES string of the molecule is CC.CCCC(=O)N(C)Cc1cccc(C)c1. The summed E-state index contributed by atoms with van der Waals surface area (Å²) in [7, 11) is 1.86. The van der Waals surface area contributed by atoms with Gasteiger partial charge in [0.2, 0.25) is 5.91 Å². The van der Waals surface area contributed by atoms with Gasteiger partial charge in [0.25, 0.3) is 0 Å². The third kappa shape index (κ3) is 6.10. The molecule has 96 valence electrons. The number of hydrogen-bond acceptors (Lipinski definition) is 1. The summed E-state index contributed by atoms with van der Waals surface area (Å²) in [4.78, 5) is 13.3. The second kappa shape index (κ2) is 8.80. The van der Waals surface area contributed by atoms with E-state index in [1.165, 1.54) is 11.1 Å². The molecule has 0 atom stereocenters. The standard InChI is InChI=1S/C13H19NO.C2H6/c1-4-6-13(15)14(3)10-12-8-5-7-11(2)9-12;1-2/h5,7-9H,4,6,10H2,1-3H3;1-2H3. The van der Waals surface area contributed by atoms with E-state index in [1.54, 1.807) is 4.90 Å². The first-order valence-electron chi connectivity index (χ1n) is 6.43. The molecule has 0 radical (unpaired) electrons. The molecule has 0 saturated heterocycles. The molecule has 17 heavy (non-hydrogen) atoms. The number of carbonyl (C=O) groups excluding carboxylic acids is 1. The molecule has 0 unspecified atom stereocenters. The van der Waals surface area contributed by atoms with E-state index in [1.807, 2.05) is 33.9 Å². The van der Waals surface area contributed by atoms with Crippen LogP contribution in [0.25, 0.3) is 0 Å². The molecular weight excluding hydrogens is 210 g/mol. The molecule has 2 nitrogen and oxygen atoms in total. The molecule has 0 bridgehead atoms. The first kappa shape index (κ1) is 15.7. The van der Waals surface area contributed by atoms with Crippen molar-refractivity contribution in [1.29, 1.82) is 0 Å². The van der Waals surface area contributed by atoms with Crippen LogP contribution >= 0.6 is 0 Å². The van der Waals surface area contributed by atoms with E-state index in [0.29, 0.717) is 13.0 Å². The van der Waals surface area contributed by atoms with E-state index in [9.17, 15) is 4.79 Å². The molecule has 0 N–H and O–H groups in total. The van der Waals surface area contributed by atoms with Crippen LogP contribution in [0.2, 0.25) is 0 Å². The fourth-order valence-corrected chi connectivity index (χ4v) is 1.58. The maximum atomic E-state index is 11.6. The van der Waals surface area contributed by atoms with Gasteiger partial charge in [0.15, 0.2) is 0 Å². The van der Waals surface area contributed by atoms with Gasteiger partial charge < -0.3 is 4.90 Å². The lowest BCUT2D eigenvalue weighted by Gasteiger charge is -2.17. The van der Waals surface area contributed by atoms with Crippen molar-refractivity contribution in [3.8, 4) is 0 Å². The van der Waals surface area contributed by atoms with E-state index < -0.39 is 0 Å². The Balaban J connectivity index is 0.00000121. The number of benzene rings is 1. The van der Waals surface area contributed by atoms with Gasteiger partial charge in [-0.3, -0.25) is 4.79 Å².